The smallest absolute Gasteiger partial charge is 0.307 e. The van der Waals surface area contributed by atoms with Gasteiger partial charge in [0.05, 0.1) is 31.8 Å². The molecule has 2 aromatic rings. The topological polar surface area (TPSA) is 64.4 Å². The number of Topliss-reactive ketones (excluding diaryl/α,β-unsaturated/α-hetero) is 1. The van der Waals surface area contributed by atoms with Crippen LogP contribution in [0.15, 0.2) is 42.2 Å². The number of benzene rings is 1. The fourth-order valence-corrected chi connectivity index (χ4v) is 4.57. The van der Waals surface area contributed by atoms with Crippen molar-refractivity contribution >= 4 is 42.9 Å². The minimum Gasteiger partial charge on any atom is -0.466 e. The summed E-state index contributed by atoms with van der Waals surface area (Å²) >= 11 is 4.76. The Morgan fingerprint density at radius 2 is 2.06 bits per heavy atom. The molecule has 2 unspecified atom stereocenters. The van der Waals surface area contributed by atoms with Crippen LogP contribution >= 0.6 is 25.0 Å². The molecule has 1 aromatic carbocycles. The number of ketones is 1. The molecule has 1 saturated heterocycles. The van der Waals surface area contributed by atoms with Crippen molar-refractivity contribution in [2.24, 2.45) is 5.92 Å². The van der Waals surface area contributed by atoms with Gasteiger partial charge in [0.15, 0.2) is 5.78 Å². The number of halogens is 2. The van der Waals surface area contributed by atoms with E-state index in [9.17, 15) is 14.0 Å². The number of aromatic nitrogens is 2. The zero-order valence-corrected chi connectivity index (χ0v) is 20.9. The zero-order chi connectivity index (χ0) is 23.4. The van der Waals surface area contributed by atoms with Crippen LogP contribution in [0.1, 0.15) is 49.8 Å². The van der Waals surface area contributed by atoms with Gasteiger partial charge in [0.2, 0.25) is 0 Å². The molecule has 1 aliphatic carbocycles. The van der Waals surface area contributed by atoms with Crippen molar-refractivity contribution in [1.29, 1.82) is 0 Å². The molecular formula is C25H31ClFN3O3S. The first-order chi connectivity index (χ1) is 16.0. The minimum atomic E-state index is -0.574. The van der Waals surface area contributed by atoms with Crippen molar-refractivity contribution in [2.75, 3.05) is 19.7 Å². The summed E-state index contributed by atoms with van der Waals surface area (Å²) in [5.41, 5.74) is 2.43. The number of rotatable bonds is 9. The van der Waals surface area contributed by atoms with Crippen LogP contribution in [0.5, 0.6) is 0 Å². The van der Waals surface area contributed by atoms with Crippen LogP contribution in [0, 0.1) is 11.7 Å². The normalized spacial score (nSPS) is 20.6. The average Bonchev–Trinajstić information content (AvgIpc) is 3.56. The minimum absolute atomic E-state index is 0. The Morgan fingerprint density at radius 1 is 1.29 bits per heavy atom. The second kappa shape index (κ2) is 12.0. The number of likely N-dealkylation sites (tertiary alicyclic amines) is 1. The molecule has 2 aliphatic rings. The number of thiol groups is 1. The molecule has 184 valence electrons. The quantitative estimate of drug-likeness (QED) is 0.400. The lowest BCUT2D eigenvalue weighted by molar-refractivity contribution is -0.143. The lowest BCUT2D eigenvalue weighted by Crippen LogP contribution is -2.42. The summed E-state index contributed by atoms with van der Waals surface area (Å²) in [5, 5.41) is 4.39. The van der Waals surface area contributed by atoms with Crippen molar-refractivity contribution in [3.8, 4) is 0 Å². The lowest BCUT2D eigenvalue weighted by Gasteiger charge is -2.37. The molecule has 4 rings (SSSR count). The van der Waals surface area contributed by atoms with Crippen LogP contribution in [0.2, 0.25) is 0 Å². The van der Waals surface area contributed by atoms with Gasteiger partial charge in [0.1, 0.15) is 5.82 Å². The Morgan fingerprint density at radius 3 is 2.76 bits per heavy atom. The molecule has 6 nitrogen and oxygen atoms in total. The number of esters is 1. The maximum atomic E-state index is 14.7. The third kappa shape index (κ3) is 6.49. The first-order valence-corrected chi connectivity index (χ1v) is 12.1. The van der Waals surface area contributed by atoms with Crippen LogP contribution in [0.25, 0.3) is 6.08 Å². The van der Waals surface area contributed by atoms with E-state index in [1.807, 2.05) is 12.3 Å². The molecule has 2 fully saturated rings. The molecule has 1 aromatic heterocycles. The highest BCUT2D eigenvalue weighted by molar-refractivity contribution is 7.81. The van der Waals surface area contributed by atoms with E-state index in [0.717, 1.165) is 30.4 Å². The number of carbonyl (C=O) groups excluding carboxylic acids is 2. The van der Waals surface area contributed by atoms with E-state index in [2.05, 4.69) is 10.00 Å². The van der Waals surface area contributed by atoms with E-state index in [-0.39, 0.29) is 47.6 Å². The molecule has 1 aliphatic heterocycles. The molecule has 9 heteroatoms. The van der Waals surface area contributed by atoms with E-state index in [1.54, 1.807) is 36.0 Å². The Hall–Kier alpha value is -2.16. The summed E-state index contributed by atoms with van der Waals surface area (Å²) in [6, 6.07) is 6.02. The molecule has 0 radical (unpaired) electrons. The predicted molar refractivity (Wildman–Crippen MR) is 135 cm³/mol. The van der Waals surface area contributed by atoms with Crippen LogP contribution in [0.3, 0.4) is 0 Å². The van der Waals surface area contributed by atoms with E-state index >= 15 is 0 Å². The first-order valence-electron chi connectivity index (χ1n) is 11.5. The maximum Gasteiger partial charge on any atom is 0.307 e. The number of nitrogens with zero attached hydrogens (tertiary/aromatic N) is 3. The monoisotopic (exact) mass is 507 g/mol. The number of ether oxygens (including phenoxy) is 1. The number of hydrogen-bond acceptors (Lipinski definition) is 6. The second-order valence-corrected chi connectivity index (χ2v) is 9.31. The van der Waals surface area contributed by atoms with Crippen molar-refractivity contribution < 1.29 is 18.7 Å². The van der Waals surface area contributed by atoms with Crippen LogP contribution in [-0.2, 0) is 20.9 Å². The van der Waals surface area contributed by atoms with Gasteiger partial charge in [-0.25, -0.2) is 4.39 Å². The van der Waals surface area contributed by atoms with Gasteiger partial charge in [0, 0.05) is 41.6 Å². The summed E-state index contributed by atoms with van der Waals surface area (Å²) in [4.78, 5) is 26.9. The van der Waals surface area contributed by atoms with E-state index in [1.165, 1.54) is 6.07 Å². The Balaban J connectivity index is 0.00000324. The van der Waals surface area contributed by atoms with Gasteiger partial charge in [-0.05, 0) is 37.8 Å². The largest absolute Gasteiger partial charge is 0.466 e. The van der Waals surface area contributed by atoms with Crippen molar-refractivity contribution in [3.63, 3.8) is 0 Å². The van der Waals surface area contributed by atoms with Crippen molar-refractivity contribution in [2.45, 2.75) is 50.4 Å². The van der Waals surface area contributed by atoms with Gasteiger partial charge < -0.3 is 4.74 Å². The standard InChI is InChI=1S/C25H30FN3O3S.ClH/c1-2-32-23(30)10-12-29-15-17(14-27-29)13-19-16-28(11-9-22(19)33)24(25(31)18-7-8-18)20-5-3-4-6-21(20)26;/h3-6,13-15,18,22,24,33H,2,7-12,16H2,1H3;1H. The van der Waals surface area contributed by atoms with Crippen LogP contribution in [-0.4, -0.2) is 51.4 Å². The van der Waals surface area contributed by atoms with E-state index < -0.39 is 6.04 Å². The Kier molecular flexibility index (Phi) is 9.33. The van der Waals surface area contributed by atoms with Gasteiger partial charge >= 0.3 is 5.97 Å². The van der Waals surface area contributed by atoms with Gasteiger partial charge in [-0.1, -0.05) is 24.3 Å². The second-order valence-electron chi connectivity index (χ2n) is 8.69. The predicted octanol–water partition coefficient (Wildman–Crippen LogP) is 4.51. The number of aryl methyl sites for hydroxylation is 1. The molecule has 1 saturated carbocycles. The molecule has 2 heterocycles. The molecule has 0 spiro atoms. The fourth-order valence-electron chi connectivity index (χ4n) is 4.30. The van der Waals surface area contributed by atoms with Crippen LogP contribution < -0.4 is 0 Å². The molecule has 2 atom stereocenters. The number of carbonyl (C=O) groups is 2. The highest BCUT2D eigenvalue weighted by atomic mass is 35.5. The van der Waals surface area contributed by atoms with Crippen LogP contribution in [0.4, 0.5) is 4.39 Å². The van der Waals surface area contributed by atoms with Crippen molar-refractivity contribution in [1.82, 2.24) is 14.7 Å². The van der Waals surface area contributed by atoms with Gasteiger partial charge in [-0.2, -0.15) is 17.7 Å². The summed E-state index contributed by atoms with van der Waals surface area (Å²) in [6.07, 6.45) is 8.49. The molecule has 0 amide bonds. The maximum absolute atomic E-state index is 14.7. The zero-order valence-electron chi connectivity index (χ0n) is 19.2. The highest BCUT2D eigenvalue weighted by Crippen LogP contribution is 2.39. The Bertz CT molecular complexity index is 1040. The van der Waals surface area contributed by atoms with E-state index in [4.69, 9.17) is 17.4 Å². The third-order valence-electron chi connectivity index (χ3n) is 6.17. The molecule has 0 N–H and O–H groups in total. The fraction of sp³-hybridized carbons (Fsp3) is 0.480. The molecule has 34 heavy (non-hydrogen) atoms. The number of hydrogen-bond donors (Lipinski definition) is 1. The summed E-state index contributed by atoms with van der Waals surface area (Å²) in [7, 11) is 0. The molecular weight excluding hydrogens is 477 g/mol. The van der Waals surface area contributed by atoms with Gasteiger partial charge in [-0.3, -0.25) is 19.2 Å². The Labute approximate surface area is 211 Å². The number of piperidine rings is 1. The average molecular weight is 508 g/mol. The highest BCUT2D eigenvalue weighted by Gasteiger charge is 2.40. The third-order valence-corrected chi connectivity index (χ3v) is 6.76. The summed E-state index contributed by atoms with van der Waals surface area (Å²) < 4.78 is 21.4. The van der Waals surface area contributed by atoms with E-state index in [0.29, 0.717) is 31.8 Å². The molecule has 0 bridgehead atoms. The van der Waals surface area contributed by atoms with Gasteiger partial charge in [-0.15, -0.1) is 12.4 Å². The SMILES string of the molecule is CCOC(=O)CCn1cc(C=C2CN(C(C(=O)C3CC3)c3ccccc3F)CCC2S)cn1.Cl. The lowest BCUT2D eigenvalue weighted by atomic mass is 9.93. The summed E-state index contributed by atoms with van der Waals surface area (Å²) in [6.45, 7) is 3.82. The first kappa shape index (κ1) is 26.4. The van der Waals surface area contributed by atoms with Crippen molar-refractivity contribution in [3.05, 3.63) is 59.2 Å². The summed E-state index contributed by atoms with van der Waals surface area (Å²) in [5.74, 6) is -0.430. The van der Waals surface area contributed by atoms with Gasteiger partial charge in [0.25, 0.3) is 0 Å².